The summed E-state index contributed by atoms with van der Waals surface area (Å²) in [6, 6.07) is 11.9. The average Bonchev–Trinajstić information content (AvgIpc) is 3.29. The van der Waals surface area contributed by atoms with Gasteiger partial charge in [0.25, 0.3) is 0 Å². The van der Waals surface area contributed by atoms with Gasteiger partial charge in [-0.3, -0.25) is 9.88 Å². The Morgan fingerprint density at radius 3 is 2.59 bits per heavy atom. The van der Waals surface area contributed by atoms with Gasteiger partial charge in [-0.15, -0.1) is 0 Å². The van der Waals surface area contributed by atoms with Gasteiger partial charge in [0.05, 0.1) is 6.04 Å². The van der Waals surface area contributed by atoms with Gasteiger partial charge in [0, 0.05) is 62.3 Å². The SMILES string of the molecule is CN1CCN(C(=O)NCc2ccc(Nc3ccncc3)cc2)CC1c1ncc[nH]1. The predicted octanol–water partition coefficient (Wildman–Crippen LogP) is 2.75. The van der Waals surface area contributed by atoms with Crippen molar-refractivity contribution in [3.63, 3.8) is 0 Å². The Kier molecular flexibility index (Phi) is 5.71. The van der Waals surface area contributed by atoms with E-state index in [0.29, 0.717) is 19.6 Å². The van der Waals surface area contributed by atoms with Crippen LogP contribution in [0.25, 0.3) is 0 Å². The first kappa shape index (κ1) is 18.9. The number of anilines is 2. The highest BCUT2D eigenvalue weighted by Crippen LogP contribution is 2.21. The Balaban J connectivity index is 1.30. The van der Waals surface area contributed by atoms with E-state index in [1.54, 1.807) is 18.6 Å². The van der Waals surface area contributed by atoms with Crippen molar-refractivity contribution in [1.29, 1.82) is 0 Å². The van der Waals surface area contributed by atoms with Crippen LogP contribution in [0.1, 0.15) is 17.4 Å². The molecular weight excluding hydrogens is 366 g/mol. The van der Waals surface area contributed by atoms with Gasteiger partial charge in [-0.1, -0.05) is 12.1 Å². The first-order valence-corrected chi connectivity index (χ1v) is 9.67. The summed E-state index contributed by atoms with van der Waals surface area (Å²) in [5.41, 5.74) is 3.03. The van der Waals surface area contributed by atoms with Gasteiger partial charge in [0.15, 0.2) is 0 Å². The molecule has 1 saturated heterocycles. The van der Waals surface area contributed by atoms with Crippen molar-refractivity contribution < 1.29 is 4.79 Å². The van der Waals surface area contributed by atoms with Crippen LogP contribution in [0, 0.1) is 0 Å². The lowest BCUT2D eigenvalue weighted by Crippen LogP contribution is -2.52. The zero-order valence-electron chi connectivity index (χ0n) is 16.4. The maximum Gasteiger partial charge on any atom is 0.317 e. The summed E-state index contributed by atoms with van der Waals surface area (Å²) in [4.78, 5) is 28.2. The Morgan fingerprint density at radius 2 is 1.86 bits per heavy atom. The second kappa shape index (κ2) is 8.74. The van der Waals surface area contributed by atoms with Crippen molar-refractivity contribution in [1.82, 2.24) is 30.1 Å². The van der Waals surface area contributed by atoms with Crippen LogP contribution in [-0.2, 0) is 6.54 Å². The third-order valence-corrected chi connectivity index (χ3v) is 5.14. The molecule has 1 fully saturated rings. The molecule has 0 aliphatic carbocycles. The monoisotopic (exact) mass is 391 g/mol. The molecule has 3 aromatic rings. The van der Waals surface area contributed by atoms with E-state index in [0.717, 1.165) is 29.3 Å². The minimum Gasteiger partial charge on any atom is -0.355 e. The summed E-state index contributed by atoms with van der Waals surface area (Å²) in [6.45, 7) is 2.62. The highest BCUT2D eigenvalue weighted by atomic mass is 16.2. The zero-order chi connectivity index (χ0) is 20.1. The third kappa shape index (κ3) is 4.72. The van der Waals surface area contributed by atoms with Crippen LogP contribution in [0.5, 0.6) is 0 Å². The summed E-state index contributed by atoms with van der Waals surface area (Å²) in [5.74, 6) is 0.891. The van der Waals surface area contributed by atoms with E-state index >= 15 is 0 Å². The smallest absolute Gasteiger partial charge is 0.317 e. The molecule has 3 heterocycles. The minimum absolute atomic E-state index is 0.0476. The molecule has 0 bridgehead atoms. The van der Waals surface area contributed by atoms with Crippen molar-refractivity contribution in [2.24, 2.45) is 0 Å². The first-order valence-electron chi connectivity index (χ1n) is 9.67. The lowest BCUT2D eigenvalue weighted by Gasteiger charge is -2.38. The Hall–Kier alpha value is -3.39. The second-order valence-electron chi connectivity index (χ2n) is 7.13. The Morgan fingerprint density at radius 1 is 1.10 bits per heavy atom. The van der Waals surface area contributed by atoms with E-state index in [2.05, 4.69) is 37.5 Å². The fourth-order valence-electron chi connectivity index (χ4n) is 3.41. The van der Waals surface area contributed by atoms with Crippen molar-refractivity contribution in [2.75, 3.05) is 32.0 Å². The topological polar surface area (TPSA) is 89.2 Å². The van der Waals surface area contributed by atoms with Crippen molar-refractivity contribution in [3.05, 3.63) is 72.6 Å². The van der Waals surface area contributed by atoms with E-state index in [1.807, 2.05) is 47.5 Å². The molecule has 1 unspecified atom stereocenters. The summed E-state index contributed by atoms with van der Waals surface area (Å²) in [6.07, 6.45) is 7.06. The molecule has 0 spiro atoms. The molecule has 3 N–H and O–H groups in total. The van der Waals surface area contributed by atoms with Gasteiger partial charge in [0.1, 0.15) is 5.82 Å². The van der Waals surface area contributed by atoms with Crippen molar-refractivity contribution in [3.8, 4) is 0 Å². The molecule has 8 heteroatoms. The van der Waals surface area contributed by atoms with E-state index in [-0.39, 0.29) is 12.1 Å². The highest BCUT2D eigenvalue weighted by molar-refractivity contribution is 5.74. The first-order chi connectivity index (χ1) is 14.2. The molecule has 1 aliphatic rings. The number of urea groups is 1. The van der Waals surface area contributed by atoms with Crippen molar-refractivity contribution in [2.45, 2.75) is 12.6 Å². The van der Waals surface area contributed by atoms with Crippen LogP contribution in [0.15, 0.2) is 61.2 Å². The molecule has 1 atom stereocenters. The molecule has 0 radical (unpaired) electrons. The zero-order valence-corrected chi connectivity index (χ0v) is 16.4. The molecule has 150 valence electrons. The van der Waals surface area contributed by atoms with Crippen LogP contribution in [0.3, 0.4) is 0 Å². The van der Waals surface area contributed by atoms with E-state index in [1.165, 1.54) is 0 Å². The normalized spacial score (nSPS) is 17.1. The van der Waals surface area contributed by atoms with E-state index < -0.39 is 0 Å². The number of hydrogen-bond donors (Lipinski definition) is 3. The number of pyridine rings is 1. The number of aromatic nitrogens is 3. The van der Waals surface area contributed by atoms with Crippen LogP contribution >= 0.6 is 0 Å². The number of piperazine rings is 1. The standard InChI is InChI=1S/C21H25N7O/c1-27-12-13-28(15-19(27)20-23-10-11-24-20)21(29)25-14-16-2-4-17(5-3-16)26-18-6-8-22-9-7-18/h2-11,19H,12-15H2,1H3,(H,22,26)(H,23,24)(H,25,29). The maximum atomic E-state index is 12.6. The number of carbonyl (C=O) groups excluding carboxylic acids is 1. The summed E-state index contributed by atoms with van der Waals surface area (Å²) >= 11 is 0. The number of aromatic amines is 1. The van der Waals surface area contributed by atoms with Crippen LogP contribution in [-0.4, -0.2) is 57.5 Å². The molecule has 2 aromatic heterocycles. The number of hydrogen-bond acceptors (Lipinski definition) is 5. The number of amides is 2. The van der Waals surface area contributed by atoms with Gasteiger partial charge in [-0.25, -0.2) is 9.78 Å². The number of rotatable bonds is 5. The van der Waals surface area contributed by atoms with Crippen LogP contribution in [0.2, 0.25) is 0 Å². The number of nitrogens with one attached hydrogen (secondary N) is 3. The Labute approximate surface area is 170 Å². The molecule has 1 aromatic carbocycles. The fourth-order valence-corrected chi connectivity index (χ4v) is 3.41. The largest absolute Gasteiger partial charge is 0.355 e. The molecule has 2 amide bonds. The number of nitrogens with zero attached hydrogens (tertiary/aromatic N) is 4. The summed E-state index contributed by atoms with van der Waals surface area (Å²) in [5, 5.41) is 6.35. The van der Waals surface area contributed by atoms with Crippen LogP contribution in [0.4, 0.5) is 16.2 Å². The van der Waals surface area contributed by atoms with Crippen molar-refractivity contribution >= 4 is 17.4 Å². The van der Waals surface area contributed by atoms with Gasteiger partial charge in [-0.05, 0) is 36.9 Å². The maximum absolute atomic E-state index is 12.6. The number of benzene rings is 1. The van der Waals surface area contributed by atoms with E-state index in [4.69, 9.17) is 0 Å². The molecule has 0 saturated carbocycles. The van der Waals surface area contributed by atoms with Gasteiger partial charge < -0.3 is 20.5 Å². The number of carbonyl (C=O) groups is 1. The Bertz CT molecular complexity index is 912. The molecule has 1 aliphatic heterocycles. The number of imidazole rings is 1. The predicted molar refractivity (Wildman–Crippen MR) is 112 cm³/mol. The molecule has 29 heavy (non-hydrogen) atoms. The fraction of sp³-hybridized carbons (Fsp3) is 0.286. The second-order valence-corrected chi connectivity index (χ2v) is 7.13. The lowest BCUT2D eigenvalue weighted by molar-refractivity contribution is 0.106. The van der Waals surface area contributed by atoms with Gasteiger partial charge in [0.2, 0.25) is 0 Å². The number of H-pyrrole nitrogens is 1. The van der Waals surface area contributed by atoms with E-state index in [9.17, 15) is 4.79 Å². The summed E-state index contributed by atoms with van der Waals surface area (Å²) in [7, 11) is 2.06. The molecule has 4 rings (SSSR count). The highest BCUT2D eigenvalue weighted by Gasteiger charge is 2.29. The average molecular weight is 391 g/mol. The van der Waals surface area contributed by atoms with Crippen LogP contribution < -0.4 is 10.6 Å². The summed E-state index contributed by atoms with van der Waals surface area (Å²) < 4.78 is 0. The minimum atomic E-state index is -0.0476. The number of likely N-dealkylation sites (N-methyl/N-ethyl adjacent to an activating group) is 1. The van der Waals surface area contributed by atoms with Gasteiger partial charge >= 0.3 is 6.03 Å². The lowest BCUT2D eigenvalue weighted by atomic mass is 10.1. The molecule has 8 nitrogen and oxygen atoms in total. The van der Waals surface area contributed by atoms with Gasteiger partial charge in [-0.2, -0.15) is 0 Å². The molecular formula is C21H25N7O. The quantitative estimate of drug-likeness (QED) is 0.622. The third-order valence-electron chi connectivity index (χ3n) is 5.14.